The molecule has 1 aliphatic carbocycles. The second-order valence-corrected chi connectivity index (χ2v) is 11.9. The third-order valence-corrected chi connectivity index (χ3v) is 7.68. The Morgan fingerprint density at radius 3 is 2.62 bits per heavy atom. The molecule has 3 N–H and O–H groups in total. The van der Waals surface area contributed by atoms with Gasteiger partial charge >= 0.3 is 5.97 Å². The summed E-state index contributed by atoms with van der Waals surface area (Å²) in [4.78, 5) is 46.1. The van der Waals surface area contributed by atoms with Crippen molar-refractivity contribution in [1.29, 1.82) is 0 Å². The van der Waals surface area contributed by atoms with Crippen LogP contribution < -0.4 is 10.6 Å². The fraction of sp³-hybridized carbons (Fsp3) is 0.259. The number of nitrogens with one attached hydrogen (secondary N) is 2. The van der Waals surface area contributed by atoms with Gasteiger partial charge in [0.25, 0.3) is 17.6 Å². The van der Waals surface area contributed by atoms with E-state index in [-0.39, 0.29) is 41.1 Å². The molecule has 40 heavy (non-hydrogen) atoms. The lowest BCUT2D eigenvalue weighted by Crippen LogP contribution is -2.30. The highest BCUT2D eigenvalue weighted by Crippen LogP contribution is 2.35. The van der Waals surface area contributed by atoms with Gasteiger partial charge in [-0.25, -0.2) is 18.2 Å². The van der Waals surface area contributed by atoms with Gasteiger partial charge in [0.15, 0.2) is 9.84 Å². The van der Waals surface area contributed by atoms with Crippen LogP contribution in [0.15, 0.2) is 48.8 Å². The van der Waals surface area contributed by atoms with E-state index in [4.69, 9.17) is 0 Å². The molecule has 1 atom stereocenters. The maximum atomic E-state index is 13.4. The van der Waals surface area contributed by atoms with Crippen LogP contribution in [0.4, 0.5) is 0 Å². The van der Waals surface area contributed by atoms with Crippen LogP contribution in [-0.2, 0) is 28.6 Å². The SMILES string of the molecule is Cc1c(C(=O)O)ccc2c1CC[C@@H]2NC(=O)c1cc(C(=O)NCc2cccc(CS(C)(=O)=O)c2)nc2ncnn12. The lowest BCUT2D eigenvalue weighted by atomic mass is 9.98. The molecule has 0 saturated carbocycles. The zero-order valence-corrected chi connectivity index (χ0v) is 22.5. The number of carbonyl (C=O) groups excluding carboxylic acids is 2. The molecule has 0 aliphatic heterocycles. The van der Waals surface area contributed by atoms with Crippen molar-refractivity contribution in [1.82, 2.24) is 30.2 Å². The van der Waals surface area contributed by atoms with E-state index < -0.39 is 27.6 Å². The largest absolute Gasteiger partial charge is 0.478 e. The number of carboxylic acid groups (broad SMARTS) is 1. The highest BCUT2D eigenvalue weighted by Gasteiger charge is 2.29. The summed E-state index contributed by atoms with van der Waals surface area (Å²) in [5, 5.41) is 19.2. The second kappa shape index (κ2) is 10.5. The predicted octanol–water partition coefficient (Wildman–Crippen LogP) is 2.02. The lowest BCUT2D eigenvalue weighted by Gasteiger charge is -2.16. The summed E-state index contributed by atoms with van der Waals surface area (Å²) in [5.41, 5.74) is 4.03. The maximum Gasteiger partial charge on any atom is 0.335 e. The first-order valence-corrected chi connectivity index (χ1v) is 14.5. The molecule has 2 heterocycles. The minimum absolute atomic E-state index is 0.0355. The topological polar surface area (TPSA) is 173 Å². The van der Waals surface area contributed by atoms with Gasteiger partial charge in [-0.15, -0.1) is 0 Å². The van der Waals surface area contributed by atoms with Crippen LogP contribution >= 0.6 is 0 Å². The lowest BCUT2D eigenvalue weighted by molar-refractivity contribution is 0.0695. The number of nitrogens with zero attached hydrogens (tertiary/aromatic N) is 4. The van der Waals surface area contributed by atoms with E-state index in [2.05, 4.69) is 25.7 Å². The average molecular weight is 563 g/mol. The third-order valence-electron chi connectivity index (χ3n) is 6.82. The van der Waals surface area contributed by atoms with Crippen molar-refractivity contribution in [2.75, 3.05) is 6.26 Å². The monoisotopic (exact) mass is 562 g/mol. The minimum atomic E-state index is -3.20. The molecule has 13 heteroatoms. The van der Waals surface area contributed by atoms with E-state index in [1.165, 1.54) is 16.9 Å². The summed E-state index contributed by atoms with van der Waals surface area (Å²) < 4.78 is 24.5. The van der Waals surface area contributed by atoms with Gasteiger partial charge in [-0.05, 0) is 53.6 Å². The smallest absolute Gasteiger partial charge is 0.335 e. The first-order chi connectivity index (χ1) is 19.0. The number of amides is 2. The molecule has 0 spiro atoms. The van der Waals surface area contributed by atoms with Crippen molar-refractivity contribution in [3.8, 4) is 0 Å². The van der Waals surface area contributed by atoms with Gasteiger partial charge in [-0.2, -0.15) is 14.6 Å². The third kappa shape index (κ3) is 5.54. The van der Waals surface area contributed by atoms with Crippen LogP contribution in [-0.4, -0.2) is 57.1 Å². The Hall–Kier alpha value is -4.65. The van der Waals surface area contributed by atoms with Crippen molar-refractivity contribution in [3.05, 3.63) is 93.6 Å². The molecule has 2 aromatic heterocycles. The van der Waals surface area contributed by atoms with Crippen LogP contribution in [0.2, 0.25) is 0 Å². The number of benzene rings is 2. The molecule has 2 amide bonds. The van der Waals surface area contributed by atoms with Crippen LogP contribution in [0.3, 0.4) is 0 Å². The van der Waals surface area contributed by atoms with E-state index >= 15 is 0 Å². The summed E-state index contributed by atoms with van der Waals surface area (Å²) in [6.45, 7) is 1.88. The van der Waals surface area contributed by atoms with Crippen molar-refractivity contribution in [2.45, 2.75) is 38.1 Å². The highest BCUT2D eigenvalue weighted by molar-refractivity contribution is 7.89. The van der Waals surface area contributed by atoms with E-state index in [1.807, 2.05) is 0 Å². The first-order valence-electron chi connectivity index (χ1n) is 12.4. The van der Waals surface area contributed by atoms with Gasteiger partial charge in [0.2, 0.25) is 0 Å². The van der Waals surface area contributed by atoms with Gasteiger partial charge in [-0.3, -0.25) is 9.59 Å². The van der Waals surface area contributed by atoms with E-state index in [1.54, 1.807) is 43.3 Å². The second-order valence-electron chi connectivity index (χ2n) is 9.75. The van der Waals surface area contributed by atoms with Gasteiger partial charge < -0.3 is 15.7 Å². The van der Waals surface area contributed by atoms with Crippen molar-refractivity contribution in [2.24, 2.45) is 0 Å². The Bertz CT molecular complexity index is 1780. The molecule has 206 valence electrons. The quantitative estimate of drug-likeness (QED) is 0.290. The average Bonchev–Trinajstić information content (AvgIpc) is 3.53. The Kier molecular flexibility index (Phi) is 7.06. The van der Waals surface area contributed by atoms with Crippen molar-refractivity contribution < 1.29 is 27.9 Å². The van der Waals surface area contributed by atoms with Crippen molar-refractivity contribution >= 4 is 33.4 Å². The Morgan fingerprint density at radius 2 is 1.88 bits per heavy atom. The number of sulfone groups is 1. The molecule has 5 rings (SSSR count). The Morgan fingerprint density at radius 1 is 1.10 bits per heavy atom. The van der Waals surface area contributed by atoms with Gasteiger partial charge in [0, 0.05) is 18.9 Å². The fourth-order valence-corrected chi connectivity index (χ4v) is 5.77. The number of aromatic nitrogens is 4. The Balaban J connectivity index is 1.35. The molecule has 0 saturated heterocycles. The van der Waals surface area contributed by atoms with Crippen LogP contribution in [0.5, 0.6) is 0 Å². The number of aromatic carboxylic acids is 1. The van der Waals surface area contributed by atoms with Gasteiger partial charge in [0.1, 0.15) is 17.7 Å². The van der Waals surface area contributed by atoms with E-state index in [0.29, 0.717) is 29.5 Å². The minimum Gasteiger partial charge on any atom is -0.478 e. The summed E-state index contributed by atoms with van der Waals surface area (Å²) in [6, 6.07) is 11.2. The highest BCUT2D eigenvalue weighted by atomic mass is 32.2. The number of fused-ring (bicyclic) bond motifs is 2. The fourth-order valence-electron chi connectivity index (χ4n) is 4.99. The van der Waals surface area contributed by atoms with Crippen LogP contribution in [0, 0.1) is 6.92 Å². The molecule has 0 unspecified atom stereocenters. The molecular formula is C27H26N6O6S. The van der Waals surface area contributed by atoms with E-state index in [0.717, 1.165) is 17.4 Å². The number of carboxylic acids is 1. The number of hydrogen-bond acceptors (Lipinski definition) is 8. The summed E-state index contributed by atoms with van der Waals surface area (Å²) in [7, 11) is -3.20. The van der Waals surface area contributed by atoms with Gasteiger partial charge in [-0.1, -0.05) is 30.3 Å². The Labute approximate surface area is 229 Å². The van der Waals surface area contributed by atoms with Gasteiger partial charge in [0.05, 0.1) is 17.4 Å². The molecule has 1 aliphatic rings. The summed E-state index contributed by atoms with van der Waals surface area (Å²) in [5.74, 6) is -2.06. The first kappa shape index (κ1) is 26.9. The predicted molar refractivity (Wildman–Crippen MR) is 144 cm³/mol. The standard InChI is InChI=1S/C27H26N6O6S/c1-15-18-8-9-21(20(18)7-6-19(15)26(36)37)31-25(35)23-11-22(32-27-29-14-30-33(23)27)24(34)28-12-16-4-3-5-17(10-16)13-40(2,38)39/h3-7,10-11,14,21H,8-9,12-13H2,1-2H3,(H,28,34)(H,31,35)(H,36,37)/t21-/m0/s1. The van der Waals surface area contributed by atoms with Crippen LogP contribution in [0.25, 0.3) is 5.78 Å². The molecular weight excluding hydrogens is 536 g/mol. The molecule has 0 bridgehead atoms. The molecule has 2 aromatic carbocycles. The van der Waals surface area contributed by atoms with Crippen LogP contribution in [0.1, 0.15) is 71.6 Å². The summed E-state index contributed by atoms with van der Waals surface area (Å²) >= 11 is 0. The molecule has 4 aromatic rings. The normalized spacial score (nSPS) is 14.6. The zero-order chi connectivity index (χ0) is 28.6. The summed E-state index contributed by atoms with van der Waals surface area (Å²) in [6.07, 6.45) is 3.61. The molecule has 0 radical (unpaired) electrons. The molecule has 0 fully saturated rings. The van der Waals surface area contributed by atoms with E-state index in [9.17, 15) is 27.9 Å². The van der Waals surface area contributed by atoms with Crippen molar-refractivity contribution in [3.63, 3.8) is 0 Å². The number of carbonyl (C=O) groups is 3. The maximum absolute atomic E-state index is 13.4. The number of rotatable bonds is 8. The zero-order valence-electron chi connectivity index (χ0n) is 21.7. The molecule has 12 nitrogen and oxygen atoms in total. The number of hydrogen-bond donors (Lipinski definition) is 3.